The fraction of sp³-hybridized carbons (Fsp3) is 0.357. The number of fused-ring (bicyclic) bond motifs is 1. The zero-order chi connectivity index (χ0) is 13.8. The summed E-state index contributed by atoms with van der Waals surface area (Å²) in [6, 6.07) is 7.30. The molecule has 0 amide bonds. The molecule has 0 saturated heterocycles. The maximum atomic E-state index is 12.0. The topological polar surface area (TPSA) is 66.5 Å². The third-order valence-corrected chi connectivity index (χ3v) is 2.83. The summed E-state index contributed by atoms with van der Waals surface area (Å²) < 4.78 is 12.3. The van der Waals surface area contributed by atoms with E-state index in [-0.39, 0.29) is 5.97 Å². The minimum atomic E-state index is -0.350. The van der Waals surface area contributed by atoms with Crippen LogP contribution in [0.5, 0.6) is 0 Å². The molecular weight excluding hydrogens is 244 g/mol. The summed E-state index contributed by atoms with van der Waals surface area (Å²) in [7, 11) is 0. The van der Waals surface area contributed by atoms with Gasteiger partial charge < -0.3 is 19.8 Å². The number of carbonyl (C=O) groups excluding carboxylic acids is 1. The molecule has 0 saturated carbocycles. The highest BCUT2D eigenvalue weighted by atomic mass is 16.5. The van der Waals surface area contributed by atoms with Crippen LogP contribution in [0.2, 0.25) is 0 Å². The van der Waals surface area contributed by atoms with Crippen molar-refractivity contribution in [1.29, 1.82) is 0 Å². The standard InChI is InChI=1S/C14H18N2O3/c1-3-18-9-16-12-6-5-11(15)7-10(12)8-13(16)14(17)19-4-2/h5-8H,3-4,9,15H2,1-2H3. The first kappa shape index (κ1) is 13.4. The van der Waals surface area contributed by atoms with Gasteiger partial charge in [-0.05, 0) is 38.1 Å². The Labute approximate surface area is 111 Å². The summed E-state index contributed by atoms with van der Waals surface area (Å²) in [5.41, 5.74) is 7.82. The third kappa shape index (κ3) is 2.71. The monoisotopic (exact) mass is 262 g/mol. The van der Waals surface area contributed by atoms with Crippen molar-refractivity contribution in [2.75, 3.05) is 18.9 Å². The molecule has 2 aromatic rings. The molecule has 19 heavy (non-hydrogen) atoms. The van der Waals surface area contributed by atoms with Crippen molar-refractivity contribution >= 4 is 22.6 Å². The Bertz CT molecular complexity index is 590. The number of carbonyl (C=O) groups is 1. The van der Waals surface area contributed by atoms with E-state index in [1.807, 2.05) is 19.1 Å². The van der Waals surface area contributed by atoms with Gasteiger partial charge in [0.25, 0.3) is 0 Å². The van der Waals surface area contributed by atoms with E-state index in [1.165, 1.54) is 0 Å². The Morgan fingerprint density at radius 2 is 2.05 bits per heavy atom. The second-order valence-corrected chi connectivity index (χ2v) is 4.12. The summed E-state index contributed by atoms with van der Waals surface area (Å²) in [5, 5.41) is 0.905. The number of nitrogens with two attached hydrogens (primary N) is 1. The first-order chi connectivity index (χ1) is 9.17. The van der Waals surface area contributed by atoms with Crippen LogP contribution in [-0.4, -0.2) is 23.8 Å². The second kappa shape index (κ2) is 5.75. The van der Waals surface area contributed by atoms with E-state index in [9.17, 15) is 4.79 Å². The molecule has 1 aromatic heterocycles. The lowest BCUT2D eigenvalue weighted by molar-refractivity contribution is 0.0478. The molecule has 5 heteroatoms. The van der Waals surface area contributed by atoms with E-state index in [0.717, 1.165) is 10.9 Å². The normalized spacial score (nSPS) is 10.8. The summed E-state index contributed by atoms with van der Waals surface area (Å²) in [4.78, 5) is 12.0. The van der Waals surface area contributed by atoms with Gasteiger partial charge in [0, 0.05) is 17.7 Å². The summed E-state index contributed by atoms with van der Waals surface area (Å²) >= 11 is 0. The molecule has 0 bridgehead atoms. The number of rotatable bonds is 5. The van der Waals surface area contributed by atoms with Crippen LogP contribution in [0, 0.1) is 0 Å². The van der Waals surface area contributed by atoms with Crippen LogP contribution >= 0.6 is 0 Å². The van der Waals surface area contributed by atoms with Crippen molar-refractivity contribution in [1.82, 2.24) is 4.57 Å². The molecule has 0 radical (unpaired) electrons. The number of hydrogen-bond donors (Lipinski definition) is 1. The van der Waals surface area contributed by atoms with Gasteiger partial charge in [-0.15, -0.1) is 0 Å². The predicted octanol–water partition coefficient (Wildman–Crippen LogP) is 2.39. The summed E-state index contributed by atoms with van der Waals surface area (Å²) in [6.45, 7) is 4.94. The van der Waals surface area contributed by atoms with Gasteiger partial charge in [-0.25, -0.2) is 4.79 Å². The Kier molecular flexibility index (Phi) is 4.06. The summed E-state index contributed by atoms with van der Waals surface area (Å²) in [5.74, 6) is -0.350. The fourth-order valence-electron chi connectivity index (χ4n) is 1.99. The van der Waals surface area contributed by atoms with Crippen molar-refractivity contribution in [2.24, 2.45) is 0 Å². The van der Waals surface area contributed by atoms with Gasteiger partial charge in [-0.3, -0.25) is 0 Å². The van der Waals surface area contributed by atoms with Gasteiger partial charge in [0.15, 0.2) is 0 Å². The fourth-order valence-corrected chi connectivity index (χ4v) is 1.99. The smallest absolute Gasteiger partial charge is 0.355 e. The Balaban J connectivity index is 2.50. The Morgan fingerprint density at radius 3 is 2.74 bits per heavy atom. The molecule has 0 aliphatic rings. The van der Waals surface area contributed by atoms with Crippen molar-refractivity contribution in [3.05, 3.63) is 30.0 Å². The number of hydrogen-bond acceptors (Lipinski definition) is 4. The van der Waals surface area contributed by atoms with Crippen LogP contribution < -0.4 is 5.73 Å². The summed E-state index contributed by atoms with van der Waals surface area (Å²) in [6.07, 6.45) is 0. The zero-order valence-electron chi connectivity index (χ0n) is 11.2. The van der Waals surface area contributed by atoms with Crippen molar-refractivity contribution in [3.8, 4) is 0 Å². The SMILES string of the molecule is CCOCn1c(C(=O)OCC)cc2cc(N)ccc21. The van der Waals surface area contributed by atoms with Gasteiger partial charge in [0.05, 0.1) is 12.1 Å². The largest absolute Gasteiger partial charge is 0.461 e. The minimum absolute atomic E-state index is 0.318. The molecule has 0 atom stereocenters. The van der Waals surface area contributed by atoms with E-state index in [2.05, 4.69) is 0 Å². The second-order valence-electron chi connectivity index (χ2n) is 4.12. The van der Waals surface area contributed by atoms with Crippen LogP contribution in [0.4, 0.5) is 5.69 Å². The lowest BCUT2D eigenvalue weighted by Gasteiger charge is -2.09. The van der Waals surface area contributed by atoms with Crippen molar-refractivity contribution in [3.63, 3.8) is 0 Å². The molecule has 0 aliphatic carbocycles. The van der Waals surface area contributed by atoms with Crippen LogP contribution in [0.25, 0.3) is 10.9 Å². The molecule has 0 aliphatic heterocycles. The van der Waals surface area contributed by atoms with Crippen molar-refractivity contribution in [2.45, 2.75) is 20.6 Å². The van der Waals surface area contributed by atoms with Gasteiger partial charge in [0.2, 0.25) is 0 Å². The Hall–Kier alpha value is -2.01. The highest BCUT2D eigenvalue weighted by Crippen LogP contribution is 2.23. The highest BCUT2D eigenvalue weighted by molar-refractivity contribution is 5.96. The van der Waals surface area contributed by atoms with E-state index in [4.69, 9.17) is 15.2 Å². The first-order valence-electron chi connectivity index (χ1n) is 6.31. The molecule has 0 unspecified atom stereocenters. The van der Waals surface area contributed by atoms with E-state index in [1.54, 1.807) is 23.6 Å². The number of nitrogen functional groups attached to an aromatic ring is 1. The lowest BCUT2D eigenvalue weighted by atomic mass is 10.2. The molecule has 2 rings (SSSR count). The molecule has 5 nitrogen and oxygen atoms in total. The highest BCUT2D eigenvalue weighted by Gasteiger charge is 2.16. The van der Waals surface area contributed by atoms with E-state index >= 15 is 0 Å². The number of aromatic nitrogens is 1. The average molecular weight is 262 g/mol. The maximum Gasteiger partial charge on any atom is 0.355 e. The Morgan fingerprint density at radius 1 is 1.26 bits per heavy atom. The minimum Gasteiger partial charge on any atom is -0.461 e. The van der Waals surface area contributed by atoms with Crippen molar-refractivity contribution < 1.29 is 14.3 Å². The van der Waals surface area contributed by atoms with E-state index in [0.29, 0.717) is 31.3 Å². The maximum absolute atomic E-state index is 12.0. The van der Waals surface area contributed by atoms with Gasteiger partial charge in [0.1, 0.15) is 12.4 Å². The predicted molar refractivity (Wildman–Crippen MR) is 73.9 cm³/mol. The van der Waals surface area contributed by atoms with Crippen LogP contribution in [0.15, 0.2) is 24.3 Å². The first-order valence-corrected chi connectivity index (χ1v) is 6.31. The van der Waals surface area contributed by atoms with Crippen LogP contribution in [-0.2, 0) is 16.2 Å². The number of esters is 1. The number of nitrogens with zero attached hydrogens (tertiary/aromatic N) is 1. The van der Waals surface area contributed by atoms with Crippen LogP contribution in [0.3, 0.4) is 0 Å². The number of benzene rings is 1. The zero-order valence-corrected chi connectivity index (χ0v) is 11.2. The molecule has 1 aromatic carbocycles. The van der Waals surface area contributed by atoms with Gasteiger partial charge in [-0.1, -0.05) is 0 Å². The molecule has 1 heterocycles. The molecule has 2 N–H and O–H groups in total. The van der Waals surface area contributed by atoms with Gasteiger partial charge >= 0.3 is 5.97 Å². The lowest BCUT2D eigenvalue weighted by Crippen LogP contribution is -2.13. The quantitative estimate of drug-likeness (QED) is 0.663. The third-order valence-electron chi connectivity index (χ3n) is 2.83. The molecule has 0 spiro atoms. The average Bonchev–Trinajstić information content (AvgIpc) is 2.74. The van der Waals surface area contributed by atoms with Gasteiger partial charge in [-0.2, -0.15) is 0 Å². The molecule has 102 valence electrons. The molecule has 0 fully saturated rings. The number of anilines is 1. The number of ether oxygens (including phenoxy) is 2. The van der Waals surface area contributed by atoms with Crippen LogP contribution in [0.1, 0.15) is 24.3 Å². The van der Waals surface area contributed by atoms with E-state index < -0.39 is 0 Å². The molecular formula is C14H18N2O3.